The number of hydrogen-bond donors (Lipinski definition) is 2. The molecule has 66 valence electrons. The average molecular weight is 181 g/mol. The number of H-pyrrole nitrogens is 1. The molecule has 0 aliphatic rings. The molecule has 0 saturated heterocycles. The Hall–Kier alpha value is -1.98. The molecule has 0 atom stereocenters. The second-order valence-corrected chi connectivity index (χ2v) is 2.54. The molecular formula is C7H6FN4O+. The van der Waals surface area contributed by atoms with E-state index >= 15 is 0 Å². The van der Waals surface area contributed by atoms with Crippen LogP contribution in [0.15, 0.2) is 18.2 Å². The summed E-state index contributed by atoms with van der Waals surface area (Å²) in [6, 6.07) is 3.66. The van der Waals surface area contributed by atoms with E-state index in [9.17, 15) is 9.30 Å². The Kier molecular flexibility index (Phi) is 1.48. The van der Waals surface area contributed by atoms with Crippen LogP contribution in [0, 0.1) is 10.7 Å². The van der Waals surface area contributed by atoms with Gasteiger partial charge in [-0.25, -0.2) is 9.37 Å². The van der Waals surface area contributed by atoms with E-state index in [0.29, 0.717) is 4.54 Å². The number of anilines is 1. The van der Waals surface area contributed by atoms with Crippen molar-refractivity contribution in [3.05, 3.63) is 28.9 Å². The predicted molar refractivity (Wildman–Crippen MR) is 43.8 cm³/mol. The number of nitrogens with two attached hydrogens (primary N) is 1. The van der Waals surface area contributed by atoms with Crippen LogP contribution in [-0.4, -0.2) is 10.1 Å². The molecule has 0 saturated carbocycles. The van der Waals surface area contributed by atoms with Gasteiger partial charge in [0.1, 0.15) is 11.3 Å². The molecule has 2 aromatic rings. The molecular weight excluding hydrogens is 175 g/mol. The van der Waals surface area contributed by atoms with Crippen molar-refractivity contribution in [3.8, 4) is 0 Å². The number of nitrogens with zero attached hydrogens (tertiary/aromatic N) is 2. The monoisotopic (exact) mass is 181 g/mol. The van der Waals surface area contributed by atoms with E-state index < -0.39 is 5.82 Å². The van der Waals surface area contributed by atoms with Gasteiger partial charge in [-0.1, -0.05) is 5.10 Å². The molecule has 0 radical (unpaired) electrons. The molecule has 1 aromatic carbocycles. The summed E-state index contributed by atoms with van der Waals surface area (Å²) < 4.78 is 13.1. The zero-order valence-electron chi connectivity index (χ0n) is 6.49. The number of fused-ring (bicyclic) bond motifs is 1. The van der Waals surface area contributed by atoms with E-state index in [2.05, 4.69) is 10.1 Å². The van der Waals surface area contributed by atoms with Crippen molar-refractivity contribution < 1.29 is 8.93 Å². The Bertz CT molecular complexity index is 516. The molecule has 0 bridgehead atoms. The first-order valence-corrected chi connectivity index (χ1v) is 3.54. The molecule has 0 aliphatic carbocycles. The Morgan fingerprint density at radius 3 is 3.08 bits per heavy atom. The fraction of sp³-hybridized carbons (Fsp3) is 0. The van der Waals surface area contributed by atoms with Gasteiger partial charge in [-0.3, -0.25) is 0 Å². The Morgan fingerprint density at radius 2 is 2.31 bits per heavy atom. The molecule has 1 aromatic heterocycles. The van der Waals surface area contributed by atoms with Crippen molar-refractivity contribution in [2.45, 2.75) is 0 Å². The summed E-state index contributed by atoms with van der Waals surface area (Å²) in [5.74, 6) is -0.501. The van der Waals surface area contributed by atoms with Gasteiger partial charge in [0, 0.05) is 12.1 Å². The first kappa shape index (κ1) is 7.66. The summed E-state index contributed by atoms with van der Waals surface area (Å²) >= 11 is 0. The average Bonchev–Trinajstić information content (AvgIpc) is 2.02. The first-order chi connectivity index (χ1) is 6.16. The maximum absolute atomic E-state index is 12.7. The molecule has 0 amide bonds. The van der Waals surface area contributed by atoms with E-state index in [1.54, 1.807) is 0 Å². The largest absolute Gasteiger partial charge is 0.365 e. The number of nitrogens with one attached hydrogen (secondary N) is 1. The minimum Gasteiger partial charge on any atom is -0.365 e. The molecule has 2 rings (SSSR count). The molecule has 0 aliphatic heterocycles. The smallest absolute Gasteiger partial charge is 0.318 e. The van der Waals surface area contributed by atoms with Crippen molar-refractivity contribution in [2.75, 3.05) is 5.73 Å². The van der Waals surface area contributed by atoms with Gasteiger partial charge in [0.25, 0.3) is 5.95 Å². The lowest BCUT2D eigenvalue weighted by atomic mass is 10.3. The summed E-state index contributed by atoms with van der Waals surface area (Å²) in [7, 11) is 0. The summed E-state index contributed by atoms with van der Waals surface area (Å²) in [5, 5.41) is 2.24. The van der Waals surface area contributed by atoms with Gasteiger partial charge in [0.05, 0.1) is 4.91 Å². The number of aromatic nitrogens is 3. The van der Waals surface area contributed by atoms with Crippen LogP contribution in [0.5, 0.6) is 0 Å². The van der Waals surface area contributed by atoms with Crippen molar-refractivity contribution in [2.24, 2.45) is 0 Å². The summed E-state index contributed by atoms with van der Waals surface area (Å²) in [4.78, 5) is 14.9. The van der Waals surface area contributed by atoms with Crippen molar-refractivity contribution in [1.82, 2.24) is 10.1 Å². The standard InChI is InChI=1S/C7H6FN4O/c8-4-1-2-6-5(3-4)10-7(9)11-12(6)13/h1-3H,(H3,9,10,11,13)/q+1. The van der Waals surface area contributed by atoms with E-state index in [0.717, 1.165) is 6.07 Å². The highest BCUT2D eigenvalue weighted by atomic mass is 19.1. The zero-order valence-corrected chi connectivity index (χ0v) is 6.49. The van der Waals surface area contributed by atoms with Gasteiger partial charge in [0.15, 0.2) is 4.54 Å². The zero-order chi connectivity index (χ0) is 9.42. The van der Waals surface area contributed by atoms with Gasteiger partial charge >= 0.3 is 5.52 Å². The van der Waals surface area contributed by atoms with Gasteiger partial charge < -0.3 is 5.73 Å². The lowest BCUT2D eigenvalue weighted by molar-refractivity contribution is -0.535. The second-order valence-electron chi connectivity index (χ2n) is 2.54. The van der Waals surface area contributed by atoms with Crippen LogP contribution >= 0.6 is 0 Å². The maximum atomic E-state index is 12.7. The Labute approximate surface area is 71.6 Å². The fourth-order valence-electron chi connectivity index (χ4n) is 1.08. The Balaban J connectivity index is 2.95. The molecule has 5 nitrogen and oxygen atoms in total. The molecule has 0 fully saturated rings. The van der Waals surface area contributed by atoms with E-state index in [1.165, 1.54) is 12.1 Å². The van der Waals surface area contributed by atoms with Gasteiger partial charge in [-0.2, -0.15) is 0 Å². The number of benzene rings is 1. The van der Waals surface area contributed by atoms with Crippen molar-refractivity contribution >= 4 is 17.0 Å². The van der Waals surface area contributed by atoms with Crippen LogP contribution in [0.1, 0.15) is 0 Å². The first-order valence-electron chi connectivity index (χ1n) is 3.54. The van der Waals surface area contributed by atoms with Crippen LogP contribution in [0.2, 0.25) is 0 Å². The van der Waals surface area contributed by atoms with Crippen LogP contribution in [0.3, 0.4) is 0 Å². The van der Waals surface area contributed by atoms with Crippen LogP contribution in [0.4, 0.5) is 10.3 Å². The van der Waals surface area contributed by atoms with E-state index in [-0.39, 0.29) is 17.0 Å². The van der Waals surface area contributed by atoms with Crippen LogP contribution < -0.4 is 10.3 Å². The van der Waals surface area contributed by atoms with Gasteiger partial charge in [-0.15, -0.1) is 0 Å². The lowest BCUT2D eigenvalue weighted by Crippen LogP contribution is -2.23. The van der Waals surface area contributed by atoms with Crippen LogP contribution in [-0.2, 0) is 0 Å². The van der Waals surface area contributed by atoms with E-state index in [1.807, 2.05) is 0 Å². The predicted octanol–water partition coefficient (Wildman–Crippen LogP) is 0.199. The van der Waals surface area contributed by atoms with Crippen LogP contribution in [0.25, 0.3) is 11.0 Å². The van der Waals surface area contributed by atoms with Crippen molar-refractivity contribution in [1.29, 1.82) is 0 Å². The highest BCUT2D eigenvalue weighted by Gasteiger charge is 2.09. The lowest BCUT2D eigenvalue weighted by Gasteiger charge is -1.90. The van der Waals surface area contributed by atoms with Gasteiger partial charge in [0.2, 0.25) is 0 Å². The molecule has 0 spiro atoms. The topological polar surface area (TPSA) is 77.7 Å². The van der Waals surface area contributed by atoms with Crippen molar-refractivity contribution in [3.63, 3.8) is 0 Å². The number of nitrogen functional groups attached to an aromatic ring is 1. The number of hydrogen-bond acceptors (Lipinski definition) is 3. The second kappa shape index (κ2) is 2.51. The highest BCUT2D eigenvalue weighted by molar-refractivity contribution is 5.70. The third-order valence-electron chi connectivity index (χ3n) is 1.61. The third-order valence-corrected chi connectivity index (χ3v) is 1.61. The maximum Gasteiger partial charge on any atom is 0.318 e. The summed E-state index contributed by atoms with van der Waals surface area (Å²) in [6.07, 6.45) is 0. The molecule has 13 heavy (non-hydrogen) atoms. The number of halogens is 1. The van der Waals surface area contributed by atoms with E-state index in [4.69, 9.17) is 5.73 Å². The molecule has 1 heterocycles. The quantitative estimate of drug-likeness (QED) is 0.570. The normalized spacial score (nSPS) is 10.5. The highest BCUT2D eigenvalue weighted by Crippen LogP contribution is 2.08. The SMILES string of the molecule is Nc1nc2cc(F)ccc2[n+](=O)[nH]1. The number of rotatable bonds is 0. The fourth-order valence-corrected chi connectivity index (χ4v) is 1.08. The summed E-state index contributed by atoms with van der Waals surface area (Å²) in [6.45, 7) is 0. The molecule has 3 N–H and O–H groups in total. The Morgan fingerprint density at radius 1 is 1.54 bits per heavy atom. The molecule has 0 unspecified atom stereocenters. The minimum atomic E-state index is -0.453. The minimum absolute atomic E-state index is 0.0481. The summed E-state index contributed by atoms with van der Waals surface area (Å²) in [5.41, 5.74) is 5.74. The third kappa shape index (κ3) is 1.22. The molecule has 6 heteroatoms. The van der Waals surface area contributed by atoms with Gasteiger partial charge in [-0.05, 0) is 6.07 Å². The number of aromatic amines is 1.